The topological polar surface area (TPSA) is 29.1 Å². The highest BCUT2D eigenvalue weighted by molar-refractivity contribution is 6.30. The highest BCUT2D eigenvalue weighted by Gasteiger charge is 2.38. The van der Waals surface area contributed by atoms with E-state index in [9.17, 15) is 4.79 Å². The van der Waals surface area contributed by atoms with Crippen molar-refractivity contribution >= 4 is 17.5 Å². The maximum Gasteiger partial charge on any atom is 0.251 e. The Morgan fingerprint density at radius 2 is 1.73 bits per heavy atom. The zero-order valence-electron chi connectivity index (χ0n) is 12.7. The van der Waals surface area contributed by atoms with Crippen LogP contribution in [0.3, 0.4) is 0 Å². The molecule has 1 aliphatic rings. The first kappa shape index (κ1) is 15.1. The number of nitrogens with one attached hydrogen (secondary N) is 1. The van der Waals surface area contributed by atoms with Gasteiger partial charge in [-0.25, -0.2) is 0 Å². The van der Waals surface area contributed by atoms with Gasteiger partial charge in [0.1, 0.15) is 0 Å². The normalized spacial score (nSPS) is 15.9. The number of benzene rings is 2. The lowest BCUT2D eigenvalue weighted by molar-refractivity contribution is 0.0827. The smallest absolute Gasteiger partial charge is 0.251 e. The molecule has 1 N–H and O–H groups in total. The number of carbonyl (C=O) groups excluding carboxylic acids is 1. The summed E-state index contributed by atoms with van der Waals surface area (Å²) in [7, 11) is 0. The summed E-state index contributed by atoms with van der Waals surface area (Å²) < 4.78 is 0. The van der Waals surface area contributed by atoms with Crippen LogP contribution in [0.2, 0.25) is 5.02 Å². The van der Waals surface area contributed by atoms with Crippen molar-refractivity contribution < 1.29 is 4.79 Å². The van der Waals surface area contributed by atoms with Gasteiger partial charge >= 0.3 is 0 Å². The monoisotopic (exact) mass is 313 g/mol. The van der Waals surface area contributed by atoms with Crippen LogP contribution in [0.1, 0.15) is 40.7 Å². The molecule has 0 heterocycles. The quantitative estimate of drug-likeness (QED) is 0.882. The first-order chi connectivity index (χ1) is 10.6. The molecule has 114 valence electrons. The molecule has 0 aliphatic heterocycles. The van der Waals surface area contributed by atoms with Gasteiger partial charge in [-0.15, -0.1) is 0 Å². The van der Waals surface area contributed by atoms with Crippen LogP contribution >= 0.6 is 11.6 Å². The summed E-state index contributed by atoms with van der Waals surface area (Å²) in [6, 6.07) is 15.6. The number of hydrogen-bond donors (Lipinski definition) is 1. The van der Waals surface area contributed by atoms with Crippen LogP contribution in [-0.4, -0.2) is 11.4 Å². The molecular weight excluding hydrogens is 294 g/mol. The van der Waals surface area contributed by atoms with Gasteiger partial charge in [-0.2, -0.15) is 0 Å². The number of carbonyl (C=O) groups is 1. The largest absolute Gasteiger partial charge is 0.346 e. The van der Waals surface area contributed by atoms with Crippen molar-refractivity contribution in [3.05, 3.63) is 70.2 Å². The van der Waals surface area contributed by atoms with Gasteiger partial charge in [0.05, 0.1) is 0 Å². The van der Waals surface area contributed by atoms with E-state index in [1.165, 1.54) is 12.0 Å². The Morgan fingerprint density at radius 1 is 1.09 bits per heavy atom. The first-order valence-corrected chi connectivity index (χ1v) is 8.08. The Balaban J connectivity index is 1.71. The van der Waals surface area contributed by atoms with Gasteiger partial charge in [0.25, 0.3) is 5.91 Å². The van der Waals surface area contributed by atoms with Gasteiger partial charge in [0.2, 0.25) is 0 Å². The second-order valence-electron chi connectivity index (χ2n) is 6.26. The van der Waals surface area contributed by atoms with Crippen LogP contribution in [0.15, 0.2) is 48.5 Å². The van der Waals surface area contributed by atoms with E-state index in [0.717, 1.165) is 35.4 Å². The highest BCUT2D eigenvalue weighted by Crippen LogP contribution is 2.35. The predicted octanol–water partition coefficient (Wildman–Crippen LogP) is 4.54. The Bertz CT molecular complexity index is 657. The molecule has 2 aromatic rings. The molecule has 0 unspecified atom stereocenters. The SMILES string of the molecule is Cc1ccc(C(=O)NC2(Cc3ccc(Cl)cc3)CCC2)cc1. The lowest BCUT2D eigenvalue weighted by Crippen LogP contribution is -2.55. The third-order valence-corrected chi connectivity index (χ3v) is 4.71. The number of rotatable bonds is 4. The van der Waals surface area contributed by atoms with E-state index < -0.39 is 0 Å². The number of amides is 1. The molecule has 0 spiro atoms. The Labute approximate surface area is 136 Å². The van der Waals surface area contributed by atoms with E-state index in [0.29, 0.717) is 0 Å². The molecule has 2 nitrogen and oxygen atoms in total. The molecular formula is C19H20ClNO. The fraction of sp³-hybridized carbons (Fsp3) is 0.316. The van der Waals surface area contributed by atoms with Crippen molar-refractivity contribution in [2.45, 2.75) is 38.1 Å². The zero-order valence-corrected chi connectivity index (χ0v) is 13.5. The summed E-state index contributed by atoms with van der Waals surface area (Å²) in [6.07, 6.45) is 4.10. The molecule has 1 saturated carbocycles. The highest BCUT2D eigenvalue weighted by atomic mass is 35.5. The van der Waals surface area contributed by atoms with E-state index in [4.69, 9.17) is 11.6 Å². The molecule has 0 atom stereocenters. The first-order valence-electron chi connectivity index (χ1n) is 7.70. The van der Waals surface area contributed by atoms with E-state index in [2.05, 4.69) is 5.32 Å². The predicted molar refractivity (Wildman–Crippen MR) is 90.4 cm³/mol. The van der Waals surface area contributed by atoms with Gasteiger partial charge in [-0.05, 0) is 62.4 Å². The van der Waals surface area contributed by atoms with Gasteiger partial charge in [0, 0.05) is 16.1 Å². The second-order valence-corrected chi connectivity index (χ2v) is 6.69. The molecule has 0 saturated heterocycles. The van der Waals surface area contributed by atoms with E-state index >= 15 is 0 Å². The number of hydrogen-bond acceptors (Lipinski definition) is 1. The number of halogens is 1. The number of aryl methyl sites for hydroxylation is 1. The molecule has 0 bridgehead atoms. The van der Waals surface area contributed by atoms with Gasteiger partial charge in [-0.3, -0.25) is 4.79 Å². The molecule has 1 aliphatic carbocycles. The van der Waals surface area contributed by atoms with Crippen LogP contribution in [0.25, 0.3) is 0 Å². The summed E-state index contributed by atoms with van der Waals surface area (Å²) in [5, 5.41) is 4.00. The van der Waals surface area contributed by atoms with Crippen LogP contribution in [0.4, 0.5) is 0 Å². The standard InChI is InChI=1S/C19H20ClNO/c1-14-3-7-16(8-4-14)18(22)21-19(11-2-12-19)13-15-5-9-17(20)10-6-15/h3-10H,2,11-13H2,1H3,(H,21,22). The van der Waals surface area contributed by atoms with Crippen molar-refractivity contribution in [2.75, 3.05) is 0 Å². The van der Waals surface area contributed by atoms with Crippen molar-refractivity contribution in [2.24, 2.45) is 0 Å². The second kappa shape index (κ2) is 6.13. The summed E-state index contributed by atoms with van der Waals surface area (Å²) in [4.78, 5) is 12.5. The average molecular weight is 314 g/mol. The lowest BCUT2D eigenvalue weighted by Gasteiger charge is -2.43. The van der Waals surface area contributed by atoms with Crippen LogP contribution in [-0.2, 0) is 6.42 Å². The molecule has 0 aromatic heterocycles. The van der Waals surface area contributed by atoms with Crippen molar-refractivity contribution in [3.63, 3.8) is 0 Å². The molecule has 22 heavy (non-hydrogen) atoms. The Kier molecular flexibility index (Phi) is 4.21. The molecule has 1 fully saturated rings. The van der Waals surface area contributed by atoms with Gasteiger partial charge in [0.15, 0.2) is 0 Å². The van der Waals surface area contributed by atoms with Gasteiger partial charge in [-0.1, -0.05) is 41.4 Å². The summed E-state index contributed by atoms with van der Waals surface area (Å²) >= 11 is 5.94. The van der Waals surface area contributed by atoms with E-state index in [1.54, 1.807) is 0 Å². The van der Waals surface area contributed by atoms with E-state index in [-0.39, 0.29) is 11.4 Å². The molecule has 2 aromatic carbocycles. The van der Waals surface area contributed by atoms with Crippen molar-refractivity contribution in [1.82, 2.24) is 5.32 Å². The third-order valence-electron chi connectivity index (χ3n) is 4.46. The molecule has 3 heteroatoms. The lowest BCUT2D eigenvalue weighted by atomic mass is 9.72. The van der Waals surface area contributed by atoms with Crippen molar-refractivity contribution in [3.8, 4) is 0 Å². The zero-order chi connectivity index (χ0) is 15.6. The summed E-state index contributed by atoms with van der Waals surface area (Å²) in [6.45, 7) is 2.02. The fourth-order valence-electron chi connectivity index (χ4n) is 2.96. The van der Waals surface area contributed by atoms with Crippen molar-refractivity contribution in [1.29, 1.82) is 0 Å². The summed E-state index contributed by atoms with van der Waals surface area (Å²) in [5.74, 6) is 0.0219. The van der Waals surface area contributed by atoms with E-state index in [1.807, 2.05) is 55.5 Å². The summed E-state index contributed by atoms with van der Waals surface area (Å²) in [5.41, 5.74) is 3.01. The van der Waals surface area contributed by atoms with Gasteiger partial charge < -0.3 is 5.32 Å². The molecule has 1 amide bonds. The maximum absolute atomic E-state index is 12.5. The minimum atomic E-state index is -0.101. The molecule has 0 radical (unpaired) electrons. The molecule has 3 rings (SSSR count). The minimum absolute atomic E-state index is 0.0219. The van der Waals surface area contributed by atoms with Crippen LogP contribution < -0.4 is 5.32 Å². The van der Waals surface area contributed by atoms with Crippen LogP contribution in [0, 0.1) is 6.92 Å². The van der Waals surface area contributed by atoms with Crippen LogP contribution in [0.5, 0.6) is 0 Å². The third kappa shape index (κ3) is 3.33. The Hall–Kier alpha value is -1.80. The average Bonchev–Trinajstić information content (AvgIpc) is 2.48. The Morgan fingerprint density at radius 3 is 2.27 bits per heavy atom. The minimum Gasteiger partial charge on any atom is -0.346 e. The maximum atomic E-state index is 12.5. The fourth-order valence-corrected chi connectivity index (χ4v) is 3.09.